The lowest BCUT2D eigenvalue weighted by molar-refractivity contribution is 0.100. The standard InChI is InChI=1S/C14H12ClNO3/c15-12-7-9(8-17)1-6-13(12)19-11-4-2-10(3-5-11)14(16)18/h1-7,17H,8H2,(H2,16,18). The van der Waals surface area contributed by atoms with E-state index in [1.54, 1.807) is 42.5 Å². The number of carbonyl (C=O) groups is 1. The number of aliphatic hydroxyl groups excluding tert-OH is 1. The molecule has 0 aromatic heterocycles. The normalized spacial score (nSPS) is 10.2. The number of ether oxygens (including phenoxy) is 1. The molecule has 0 bridgehead atoms. The molecule has 2 aromatic rings. The average molecular weight is 278 g/mol. The van der Waals surface area contributed by atoms with Crippen molar-refractivity contribution >= 4 is 17.5 Å². The lowest BCUT2D eigenvalue weighted by Crippen LogP contribution is -2.10. The van der Waals surface area contributed by atoms with Crippen molar-refractivity contribution in [2.24, 2.45) is 5.73 Å². The van der Waals surface area contributed by atoms with Crippen LogP contribution in [-0.2, 0) is 6.61 Å². The molecule has 98 valence electrons. The Morgan fingerprint density at radius 1 is 1.21 bits per heavy atom. The minimum atomic E-state index is -0.489. The van der Waals surface area contributed by atoms with Crippen LogP contribution in [0, 0.1) is 0 Å². The second-order valence-electron chi connectivity index (χ2n) is 3.91. The van der Waals surface area contributed by atoms with E-state index in [1.807, 2.05) is 0 Å². The van der Waals surface area contributed by atoms with Crippen LogP contribution in [-0.4, -0.2) is 11.0 Å². The molecule has 1 amide bonds. The summed E-state index contributed by atoms with van der Waals surface area (Å²) >= 11 is 6.03. The molecule has 0 aliphatic carbocycles. The highest BCUT2D eigenvalue weighted by molar-refractivity contribution is 6.32. The molecule has 5 heteroatoms. The zero-order chi connectivity index (χ0) is 13.8. The lowest BCUT2D eigenvalue weighted by Gasteiger charge is -2.08. The zero-order valence-electron chi connectivity index (χ0n) is 9.97. The molecule has 0 saturated carbocycles. The smallest absolute Gasteiger partial charge is 0.248 e. The van der Waals surface area contributed by atoms with E-state index < -0.39 is 5.91 Å². The van der Waals surface area contributed by atoms with Crippen molar-refractivity contribution in [1.82, 2.24) is 0 Å². The molecule has 19 heavy (non-hydrogen) atoms. The summed E-state index contributed by atoms with van der Waals surface area (Å²) in [5, 5.41) is 9.39. The zero-order valence-corrected chi connectivity index (χ0v) is 10.7. The maximum Gasteiger partial charge on any atom is 0.248 e. The molecule has 0 spiro atoms. The van der Waals surface area contributed by atoms with Gasteiger partial charge >= 0.3 is 0 Å². The molecule has 0 fully saturated rings. The summed E-state index contributed by atoms with van der Waals surface area (Å²) in [4.78, 5) is 10.9. The van der Waals surface area contributed by atoms with E-state index in [0.717, 1.165) is 0 Å². The van der Waals surface area contributed by atoms with Crippen LogP contribution >= 0.6 is 11.6 Å². The van der Waals surface area contributed by atoms with Gasteiger partial charge in [-0.05, 0) is 42.0 Å². The molecule has 0 saturated heterocycles. The quantitative estimate of drug-likeness (QED) is 0.902. The van der Waals surface area contributed by atoms with Gasteiger partial charge in [0, 0.05) is 5.56 Å². The van der Waals surface area contributed by atoms with Gasteiger partial charge in [-0.25, -0.2) is 0 Å². The van der Waals surface area contributed by atoms with Crippen LogP contribution in [0.3, 0.4) is 0 Å². The van der Waals surface area contributed by atoms with E-state index in [2.05, 4.69) is 0 Å². The number of rotatable bonds is 4. The topological polar surface area (TPSA) is 72.6 Å². The van der Waals surface area contributed by atoms with Gasteiger partial charge in [0.2, 0.25) is 5.91 Å². The third-order valence-electron chi connectivity index (χ3n) is 2.55. The fourth-order valence-electron chi connectivity index (χ4n) is 1.54. The maximum atomic E-state index is 10.9. The van der Waals surface area contributed by atoms with E-state index >= 15 is 0 Å². The largest absolute Gasteiger partial charge is 0.456 e. The van der Waals surface area contributed by atoms with Crippen molar-refractivity contribution < 1.29 is 14.6 Å². The second kappa shape index (κ2) is 5.73. The predicted molar refractivity (Wildman–Crippen MR) is 72.4 cm³/mol. The van der Waals surface area contributed by atoms with Crippen molar-refractivity contribution in [2.45, 2.75) is 6.61 Å². The number of aliphatic hydroxyl groups is 1. The fourth-order valence-corrected chi connectivity index (χ4v) is 1.78. The van der Waals surface area contributed by atoms with Gasteiger partial charge in [-0.1, -0.05) is 17.7 Å². The van der Waals surface area contributed by atoms with Gasteiger partial charge < -0.3 is 15.6 Å². The first-order valence-corrected chi connectivity index (χ1v) is 5.95. The van der Waals surface area contributed by atoms with Crippen LogP contribution in [0.15, 0.2) is 42.5 Å². The highest BCUT2D eigenvalue weighted by Crippen LogP contribution is 2.30. The highest BCUT2D eigenvalue weighted by atomic mass is 35.5. The Morgan fingerprint density at radius 3 is 2.42 bits per heavy atom. The molecule has 0 heterocycles. The maximum absolute atomic E-state index is 10.9. The molecular weight excluding hydrogens is 266 g/mol. The van der Waals surface area contributed by atoms with Gasteiger partial charge in [-0.3, -0.25) is 4.79 Å². The SMILES string of the molecule is NC(=O)c1ccc(Oc2ccc(CO)cc2Cl)cc1. The molecule has 3 N–H and O–H groups in total. The molecule has 2 aromatic carbocycles. The molecule has 4 nitrogen and oxygen atoms in total. The number of primary amides is 1. The van der Waals surface area contributed by atoms with E-state index in [9.17, 15) is 4.79 Å². The van der Waals surface area contributed by atoms with Gasteiger partial charge in [0.1, 0.15) is 11.5 Å². The third-order valence-corrected chi connectivity index (χ3v) is 2.84. The molecule has 0 aliphatic heterocycles. The molecule has 2 rings (SSSR count). The first kappa shape index (κ1) is 13.4. The second-order valence-corrected chi connectivity index (χ2v) is 4.32. The van der Waals surface area contributed by atoms with E-state index in [0.29, 0.717) is 27.6 Å². The van der Waals surface area contributed by atoms with Gasteiger partial charge in [0.05, 0.1) is 11.6 Å². The number of halogens is 1. The monoisotopic (exact) mass is 277 g/mol. The summed E-state index contributed by atoms with van der Waals surface area (Å²) in [6.07, 6.45) is 0. The van der Waals surface area contributed by atoms with E-state index in [1.165, 1.54) is 0 Å². The molecule has 0 atom stereocenters. The first-order valence-electron chi connectivity index (χ1n) is 5.57. The van der Waals surface area contributed by atoms with Crippen molar-refractivity contribution in [1.29, 1.82) is 0 Å². The summed E-state index contributed by atoms with van der Waals surface area (Å²) in [7, 11) is 0. The van der Waals surface area contributed by atoms with E-state index in [-0.39, 0.29) is 6.61 Å². The number of hydrogen-bond donors (Lipinski definition) is 2. The fraction of sp³-hybridized carbons (Fsp3) is 0.0714. The van der Waals surface area contributed by atoms with Crippen molar-refractivity contribution in [3.8, 4) is 11.5 Å². The first-order chi connectivity index (χ1) is 9.10. The summed E-state index contributed by atoms with van der Waals surface area (Å²) in [5.41, 5.74) is 6.27. The van der Waals surface area contributed by atoms with Crippen molar-refractivity contribution in [3.05, 3.63) is 58.6 Å². The van der Waals surface area contributed by atoms with Crippen LogP contribution in [0.1, 0.15) is 15.9 Å². The Morgan fingerprint density at radius 2 is 1.89 bits per heavy atom. The van der Waals surface area contributed by atoms with Gasteiger partial charge in [-0.15, -0.1) is 0 Å². The summed E-state index contributed by atoms with van der Waals surface area (Å²) in [6.45, 7) is -0.0761. The minimum Gasteiger partial charge on any atom is -0.456 e. The third kappa shape index (κ3) is 3.24. The summed E-state index contributed by atoms with van der Waals surface area (Å²) < 4.78 is 5.58. The van der Waals surface area contributed by atoms with Crippen molar-refractivity contribution in [3.63, 3.8) is 0 Å². The van der Waals surface area contributed by atoms with E-state index in [4.69, 9.17) is 27.2 Å². The van der Waals surface area contributed by atoms with Crippen LogP contribution < -0.4 is 10.5 Å². The molecule has 0 radical (unpaired) electrons. The molecule has 0 aliphatic rings. The number of amides is 1. The molecule has 0 unspecified atom stereocenters. The lowest BCUT2D eigenvalue weighted by atomic mass is 10.2. The minimum absolute atomic E-state index is 0.0761. The highest BCUT2D eigenvalue weighted by Gasteiger charge is 2.05. The number of nitrogens with two attached hydrogens (primary N) is 1. The number of hydrogen-bond acceptors (Lipinski definition) is 3. The van der Waals surface area contributed by atoms with Crippen LogP contribution in [0.25, 0.3) is 0 Å². The predicted octanol–water partition coefficient (Wildman–Crippen LogP) is 2.72. The summed E-state index contributed by atoms with van der Waals surface area (Å²) in [5.74, 6) is 0.534. The number of carbonyl (C=O) groups excluding carboxylic acids is 1. The Labute approximate surface area is 115 Å². The Kier molecular flexibility index (Phi) is 4.04. The Hall–Kier alpha value is -2.04. The number of benzene rings is 2. The Bertz CT molecular complexity index is 596. The van der Waals surface area contributed by atoms with Crippen LogP contribution in [0.5, 0.6) is 11.5 Å². The van der Waals surface area contributed by atoms with Crippen LogP contribution in [0.2, 0.25) is 5.02 Å². The van der Waals surface area contributed by atoms with Gasteiger partial charge in [-0.2, -0.15) is 0 Å². The van der Waals surface area contributed by atoms with Crippen LogP contribution in [0.4, 0.5) is 0 Å². The average Bonchev–Trinajstić information content (AvgIpc) is 2.41. The van der Waals surface area contributed by atoms with Crippen molar-refractivity contribution in [2.75, 3.05) is 0 Å². The van der Waals surface area contributed by atoms with Gasteiger partial charge in [0.25, 0.3) is 0 Å². The molecular formula is C14H12ClNO3. The summed E-state index contributed by atoms with van der Waals surface area (Å²) in [6, 6.07) is 11.5. The Balaban J connectivity index is 2.19. The van der Waals surface area contributed by atoms with Gasteiger partial charge in [0.15, 0.2) is 0 Å².